The summed E-state index contributed by atoms with van der Waals surface area (Å²) in [7, 11) is 2.19. The van der Waals surface area contributed by atoms with Crippen LogP contribution in [0.1, 0.15) is 24.4 Å². The second-order valence-corrected chi connectivity index (χ2v) is 4.95. The standard InChI is InChI=1S/C10H14N2.C4H6O6/c1-12-7-3-5-10(12)9-4-2-6-11-8-9;5-1(3(7)8)2(6)4(9)10/h2,4,6,8,10H,3,5,7H2,1H3;1-2,5-6H,(H,7,8)(H,9,10)/p-2/t10-;1-,2-/m01/s1. The van der Waals surface area contributed by atoms with Crippen molar-refractivity contribution in [3.63, 3.8) is 0 Å². The van der Waals surface area contributed by atoms with Gasteiger partial charge in [0.25, 0.3) is 0 Å². The molecule has 0 aromatic carbocycles. The van der Waals surface area contributed by atoms with Crippen LogP contribution in [0.4, 0.5) is 0 Å². The predicted molar refractivity (Wildman–Crippen MR) is 70.9 cm³/mol. The van der Waals surface area contributed by atoms with E-state index < -0.39 is 24.1 Å². The molecule has 1 aromatic heterocycles. The molecule has 0 saturated carbocycles. The number of carbonyl (C=O) groups is 2. The minimum Gasteiger partial charge on any atom is -0.547 e. The molecule has 0 unspecified atom stereocenters. The lowest BCUT2D eigenvalue weighted by Crippen LogP contribution is -2.51. The van der Waals surface area contributed by atoms with E-state index in [0.717, 1.165) is 0 Å². The maximum absolute atomic E-state index is 9.63. The Kier molecular flexibility index (Phi) is 6.90. The van der Waals surface area contributed by atoms with E-state index in [-0.39, 0.29) is 0 Å². The topological polar surface area (TPSA) is 137 Å². The van der Waals surface area contributed by atoms with Crippen molar-refractivity contribution in [3.8, 4) is 0 Å². The predicted octanol–water partition coefficient (Wildman–Crippen LogP) is -2.94. The molecule has 1 aliphatic rings. The second kappa shape index (κ2) is 8.42. The molecule has 1 saturated heterocycles. The van der Waals surface area contributed by atoms with Crippen molar-refractivity contribution in [2.75, 3.05) is 13.6 Å². The minimum atomic E-state index is -2.44. The van der Waals surface area contributed by atoms with Crippen molar-refractivity contribution in [1.82, 2.24) is 9.88 Å². The number of aliphatic hydroxyl groups excluding tert-OH is 2. The van der Waals surface area contributed by atoms with Gasteiger partial charge in [0.05, 0.1) is 11.9 Å². The number of hydrogen-bond acceptors (Lipinski definition) is 8. The Hall–Kier alpha value is -2.03. The maximum atomic E-state index is 9.63. The third-order valence-electron chi connectivity index (χ3n) is 3.37. The third kappa shape index (κ3) is 5.06. The molecule has 0 spiro atoms. The molecule has 0 aliphatic carbocycles. The Labute approximate surface area is 127 Å². The van der Waals surface area contributed by atoms with Gasteiger partial charge >= 0.3 is 0 Å². The van der Waals surface area contributed by atoms with E-state index in [1.54, 1.807) is 0 Å². The van der Waals surface area contributed by atoms with Crippen molar-refractivity contribution in [3.05, 3.63) is 30.1 Å². The SMILES string of the molecule is CN1CCC[C@H]1c1cccnc1.O=C([O-])[C@H](O)[C@@H](O)C(=O)[O-]. The van der Waals surface area contributed by atoms with Gasteiger partial charge in [-0.05, 0) is 38.1 Å². The van der Waals surface area contributed by atoms with Crippen LogP contribution < -0.4 is 10.2 Å². The number of carboxylic acid groups (broad SMARTS) is 2. The largest absolute Gasteiger partial charge is 0.547 e. The molecule has 0 bridgehead atoms. The van der Waals surface area contributed by atoms with Crippen LogP contribution in [0.2, 0.25) is 0 Å². The van der Waals surface area contributed by atoms with Gasteiger partial charge in [-0.15, -0.1) is 0 Å². The zero-order valence-electron chi connectivity index (χ0n) is 12.1. The number of carboxylic acids is 2. The lowest BCUT2D eigenvalue weighted by molar-refractivity contribution is -0.333. The number of nitrogens with zero attached hydrogens (tertiary/aromatic N) is 2. The van der Waals surface area contributed by atoms with Crippen LogP contribution in [0, 0.1) is 0 Å². The molecule has 22 heavy (non-hydrogen) atoms. The number of pyridine rings is 1. The maximum Gasteiger partial charge on any atom is 0.124 e. The highest BCUT2D eigenvalue weighted by molar-refractivity contribution is 5.80. The Morgan fingerprint density at radius 1 is 1.32 bits per heavy atom. The fourth-order valence-electron chi connectivity index (χ4n) is 2.16. The highest BCUT2D eigenvalue weighted by Gasteiger charge is 2.22. The number of carbonyl (C=O) groups excluding carboxylic acids is 2. The number of rotatable bonds is 4. The normalized spacial score (nSPS) is 20.6. The Morgan fingerprint density at radius 3 is 2.27 bits per heavy atom. The zero-order chi connectivity index (χ0) is 16.7. The summed E-state index contributed by atoms with van der Waals surface area (Å²) in [4.78, 5) is 25.8. The van der Waals surface area contributed by atoms with Crippen LogP contribution in [0.3, 0.4) is 0 Å². The molecule has 2 rings (SSSR count). The Balaban J connectivity index is 0.000000225. The summed E-state index contributed by atoms with van der Waals surface area (Å²) >= 11 is 0. The quantitative estimate of drug-likeness (QED) is 0.602. The minimum absolute atomic E-state index is 0.610. The van der Waals surface area contributed by atoms with Gasteiger partial charge in [0.2, 0.25) is 0 Å². The summed E-state index contributed by atoms with van der Waals surface area (Å²) < 4.78 is 0. The molecule has 1 fully saturated rings. The number of hydrogen-bond donors (Lipinski definition) is 2. The van der Waals surface area contributed by atoms with Crippen molar-refractivity contribution < 1.29 is 30.0 Å². The van der Waals surface area contributed by atoms with E-state index in [1.165, 1.54) is 24.9 Å². The lowest BCUT2D eigenvalue weighted by Gasteiger charge is -2.18. The molecular formula is C14H18N2O6-2. The summed E-state index contributed by atoms with van der Waals surface area (Å²) in [5.74, 6) is -4.12. The zero-order valence-corrected chi connectivity index (χ0v) is 12.1. The fraction of sp³-hybridized carbons (Fsp3) is 0.500. The first kappa shape index (κ1) is 18.0. The van der Waals surface area contributed by atoms with Gasteiger partial charge in [0, 0.05) is 18.4 Å². The van der Waals surface area contributed by atoms with E-state index in [0.29, 0.717) is 6.04 Å². The molecule has 0 amide bonds. The summed E-state index contributed by atoms with van der Waals surface area (Å²) in [6.07, 6.45) is 1.53. The van der Waals surface area contributed by atoms with Gasteiger partial charge in [0.15, 0.2) is 0 Å². The van der Waals surface area contributed by atoms with E-state index in [2.05, 4.69) is 23.0 Å². The summed E-state index contributed by atoms with van der Waals surface area (Å²) in [6.45, 7) is 1.22. The van der Waals surface area contributed by atoms with Crippen LogP contribution in [-0.4, -0.2) is 57.8 Å². The van der Waals surface area contributed by atoms with Crippen molar-refractivity contribution in [2.45, 2.75) is 31.1 Å². The fourth-order valence-corrected chi connectivity index (χ4v) is 2.16. The van der Waals surface area contributed by atoms with E-state index in [9.17, 15) is 19.8 Å². The van der Waals surface area contributed by atoms with E-state index in [4.69, 9.17) is 10.2 Å². The number of aromatic nitrogens is 1. The van der Waals surface area contributed by atoms with Crippen LogP contribution in [0.15, 0.2) is 24.5 Å². The van der Waals surface area contributed by atoms with Gasteiger partial charge in [-0.1, -0.05) is 6.07 Å². The van der Waals surface area contributed by atoms with Crippen molar-refractivity contribution in [2.24, 2.45) is 0 Å². The Bertz CT molecular complexity index is 477. The highest BCUT2D eigenvalue weighted by Crippen LogP contribution is 2.29. The molecule has 8 heteroatoms. The Morgan fingerprint density at radius 2 is 1.91 bits per heavy atom. The smallest absolute Gasteiger partial charge is 0.124 e. The molecule has 122 valence electrons. The monoisotopic (exact) mass is 310 g/mol. The molecule has 0 radical (unpaired) electrons. The molecule has 1 aromatic rings. The summed E-state index contributed by atoms with van der Waals surface area (Å²) in [6, 6.07) is 4.79. The first-order valence-corrected chi connectivity index (χ1v) is 6.72. The molecule has 1 aliphatic heterocycles. The summed E-state index contributed by atoms with van der Waals surface area (Å²) in [5, 5.41) is 35.7. The average molecular weight is 310 g/mol. The van der Waals surface area contributed by atoms with E-state index >= 15 is 0 Å². The van der Waals surface area contributed by atoms with Crippen molar-refractivity contribution >= 4 is 11.9 Å². The van der Waals surface area contributed by atoms with Crippen LogP contribution in [-0.2, 0) is 9.59 Å². The lowest BCUT2D eigenvalue weighted by atomic mass is 10.1. The van der Waals surface area contributed by atoms with E-state index in [1.807, 2.05) is 18.5 Å². The number of likely N-dealkylation sites (tertiary alicyclic amines) is 1. The van der Waals surface area contributed by atoms with Crippen LogP contribution in [0.25, 0.3) is 0 Å². The number of aliphatic hydroxyl groups is 2. The molecule has 2 heterocycles. The van der Waals surface area contributed by atoms with Gasteiger partial charge in [0.1, 0.15) is 12.2 Å². The first-order valence-electron chi connectivity index (χ1n) is 6.72. The van der Waals surface area contributed by atoms with Crippen LogP contribution in [0.5, 0.6) is 0 Å². The summed E-state index contributed by atoms with van der Waals surface area (Å²) in [5.41, 5.74) is 1.36. The second-order valence-electron chi connectivity index (χ2n) is 4.95. The number of aliphatic carboxylic acids is 2. The van der Waals surface area contributed by atoms with Crippen LogP contribution >= 0.6 is 0 Å². The van der Waals surface area contributed by atoms with Gasteiger partial charge in [-0.3, -0.25) is 9.88 Å². The van der Waals surface area contributed by atoms with Gasteiger partial charge < -0.3 is 30.0 Å². The molecule has 3 atom stereocenters. The van der Waals surface area contributed by atoms with Gasteiger partial charge in [-0.2, -0.15) is 0 Å². The van der Waals surface area contributed by atoms with Gasteiger partial charge in [-0.25, -0.2) is 0 Å². The third-order valence-corrected chi connectivity index (χ3v) is 3.37. The average Bonchev–Trinajstić information content (AvgIpc) is 2.93. The molecule has 2 N–H and O–H groups in total. The van der Waals surface area contributed by atoms with Crippen molar-refractivity contribution in [1.29, 1.82) is 0 Å². The highest BCUT2D eigenvalue weighted by atomic mass is 16.4. The molecular weight excluding hydrogens is 292 g/mol. The first-order chi connectivity index (χ1) is 10.3. The molecule has 8 nitrogen and oxygen atoms in total.